The van der Waals surface area contributed by atoms with Crippen molar-refractivity contribution < 1.29 is 14.7 Å². The first-order valence-electron chi connectivity index (χ1n) is 3.91. The van der Waals surface area contributed by atoms with E-state index in [4.69, 9.17) is 5.11 Å². The van der Waals surface area contributed by atoms with Gasteiger partial charge >= 0.3 is 5.97 Å². The molecule has 0 unspecified atom stereocenters. The lowest BCUT2D eigenvalue weighted by molar-refractivity contribution is -0.141. The largest absolute Gasteiger partial charge is 0.479 e. The van der Waals surface area contributed by atoms with Gasteiger partial charge in [-0.2, -0.15) is 0 Å². The summed E-state index contributed by atoms with van der Waals surface area (Å²) < 4.78 is 1.19. The zero-order chi connectivity index (χ0) is 10.7. The van der Waals surface area contributed by atoms with Crippen molar-refractivity contribution >= 4 is 17.4 Å². The molecule has 2 rings (SSSR count). The molecule has 15 heavy (non-hydrogen) atoms. The van der Waals surface area contributed by atoms with Crippen molar-refractivity contribution in [1.29, 1.82) is 0 Å². The summed E-state index contributed by atoms with van der Waals surface area (Å²) >= 11 is 0. The first kappa shape index (κ1) is 9.27. The number of fused-ring (bicyclic) bond motifs is 1. The quantitative estimate of drug-likeness (QED) is 0.614. The molecule has 0 saturated heterocycles. The van der Waals surface area contributed by atoms with Crippen molar-refractivity contribution in [2.24, 2.45) is 0 Å². The van der Waals surface area contributed by atoms with Crippen LogP contribution in [0, 0.1) is 0 Å². The van der Waals surface area contributed by atoms with Crippen LogP contribution < -0.4 is 5.48 Å². The lowest BCUT2D eigenvalue weighted by Crippen LogP contribution is -2.12. The number of rotatable bonds is 4. The molecule has 0 radical (unpaired) electrons. The van der Waals surface area contributed by atoms with Gasteiger partial charge < -0.3 is 5.11 Å². The van der Waals surface area contributed by atoms with Gasteiger partial charge in [-0.3, -0.25) is 4.84 Å². The van der Waals surface area contributed by atoms with E-state index in [-0.39, 0.29) is 0 Å². The van der Waals surface area contributed by atoms with E-state index in [0.717, 1.165) is 0 Å². The second-order valence-electron chi connectivity index (χ2n) is 2.53. The number of anilines is 1. The Kier molecular flexibility index (Phi) is 2.37. The molecule has 78 valence electrons. The summed E-state index contributed by atoms with van der Waals surface area (Å²) in [4.78, 5) is 14.8. The summed E-state index contributed by atoms with van der Waals surface area (Å²) in [5.74, 6) is -0.762. The van der Waals surface area contributed by atoms with Gasteiger partial charge in [-0.05, 0) is 22.6 Å². The number of carboxylic acid groups (broad SMARTS) is 1. The minimum Gasteiger partial charge on any atom is -0.479 e. The van der Waals surface area contributed by atoms with Crippen molar-refractivity contribution in [3.05, 3.63) is 12.1 Å². The van der Waals surface area contributed by atoms with Gasteiger partial charge in [0, 0.05) is 0 Å². The molecule has 0 aliphatic carbocycles. The van der Waals surface area contributed by atoms with Crippen molar-refractivity contribution in [2.75, 3.05) is 12.1 Å². The Morgan fingerprint density at radius 1 is 1.60 bits per heavy atom. The zero-order valence-electron chi connectivity index (χ0n) is 7.36. The van der Waals surface area contributed by atoms with Gasteiger partial charge in [0.15, 0.2) is 18.1 Å². The van der Waals surface area contributed by atoms with Gasteiger partial charge in [0.2, 0.25) is 0 Å². The van der Waals surface area contributed by atoms with E-state index in [1.807, 2.05) is 0 Å². The molecule has 0 amide bonds. The number of aliphatic carboxylic acids is 1. The van der Waals surface area contributed by atoms with Crippen LogP contribution in [0.3, 0.4) is 0 Å². The fourth-order valence-corrected chi connectivity index (χ4v) is 0.876. The van der Waals surface area contributed by atoms with Gasteiger partial charge in [0.05, 0.1) is 0 Å². The number of nitrogens with one attached hydrogen (secondary N) is 1. The van der Waals surface area contributed by atoms with Crippen molar-refractivity contribution in [3.63, 3.8) is 0 Å². The highest BCUT2D eigenvalue weighted by Crippen LogP contribution is 2.02. The maximum Gasteiger partial charge on any atom is 0.332 e. The number of tetrazole rings is 1. The molecule has 2 heterocycles. The summed E-state index contributed by atoms with van der Waals surface area (Å²) in [5, 5.41) is 22.8. The maximum absolute atomic E-state index is 10.1. The highest BCUT2D eigenvalue weighted by atomic mass is 16.7. The third kappa shape index (κ3) is 2.14. The predicted molar refractivity (Wildman–Crippen MR) is 45.8 cm³/mol. The Balaban J connectivity index is 2.04. The highest BCUT2D eigenvalue weighted by Gasteiger charge is 2.01. The lowest BCUT2D eigenvalue weighted by atomic mass is 10.5. The number of hydrogen-bond donors (Lipinski definition) is 2. The summed E-state index contributed by atoms with van der Waals surface area (Å²) in [6, 6.07) is 3.17. The van der Waals surface area contributed by atoms with Crippen LogP contribution >= 0.6 is 0 Å². The highest BCUT2D eigenvalue weighted by molar-refractivity contribution is 5.68. The van der Waals surface area contributed by atoms with E-state index in [2.05, 4.69) is 30.9 Å². The molecular formula is C6H6N6O3. The fraction of sp³-hybridized carbons (Fsp3) is 0.167. The predicted octanol–water partition coefficient (Wildman–Crippen LogP) is -1.05. The Morgan fingerprint density at radius 3 is 3.27 bits per heavy atom. The average Bonchev–Trinajstić information content (AvgIpc) is 2.64. The molecular weight excluding hydrogens is 204 g/mol. The van der Waals surface area contributed by atoms with Crippen LogP contribution in [-0.4, -0.2) is 42.9 Å². The first-order valence-corrected chi connectivity index (χ1v) is 3.91. The maximum atomic E-state index is 10.1. The van der Waals surface area contributed by atoms with E-state index in [9.17, 15) is 4.79 Å². The monoisotopic (exact) mass is 210 g/mol. The van der Waals surface area contributed by atoms with Crippen molar-refractivity contribution in [1.82, 2.24) is 25.3 Å². The Hall–Kier alpha value is -2.29. The second-order valence-corrected chi connectivity index (χ2v) is 2.53. The van der Waals surface area contributed by atoms with E-state index in [1.165, 1.54) is 4.63 Å². The second kappa shape index (κ2) is 3.84. The number of aromatic nitrogens is 5. The van der Waals surface area contributed by atoms with E-state index in [0.29, 0.717) is 11.5 Å². The third-order valence-electron chi connectivity index (χ3n) is 1.44. The molecule has 0 saturated carbocycles. The van der Waals surface area contributed by atoms with Gasteiger partial charge in [-0.15, -0.1) is 14.8 Å². The molecule has 9 heteroatoms. The average molecular weight is 210 g/mol. The minimum atomic E-state index is -1.08. The number of nitrogens with zero attached hydrogens (tertiary/aromatic N) is 5. The fourth-order valence-electron chi connectivity index (χ4n) is 0.876. The number of hydrogen-bond acceptors (Lipinski definition) is 7. The first-order chi connectivity index (χ1) is 7.25. The standard InChI is InChI=1S/C6H6N6O3/c13-6(14)3-15-9-4-1-2-5-7-10-11-12(5)8-4/h1-2H,3H2,(H,8,9)(H,13,14). The summed E-state index contributed by atoms with van der Waals surface area (Å²) in [5.41, 5.74) is 2.83. The molecule has 2 aromatic rings. The third-order valence-corrected chi connectivity index (χ3v) is 1.44. The number of carbonyl (C=O) groups is 1. The van der Waals surface area contributed by atoms with Gasteiger partial charge in [0.25, 0.3) is 0 Å². The summed E-state index contributed by atoms with van der Waals surface area (Å²) in [6.45, 7) is -0.463. The van der Waals surface area contributed by atoms with Crippen LogP contribution in [0.25, 0.3) is 5.65 Å². The molecule has 0 aliphatic rings. The zero-order valence-corrected chi connectivity index (χ0v) is 7.36. The molecule has 2 N–H and O–H groups in total. The van der Waals surface area contributed by atoms with Crippen LogP contribution in [0.4, 0.5) is 5.82 Å². The molecule has 0 spiro atoms. The smallest absolute Gasteiger partial charge is 0.332 e. The van der Waals surface area contributed by atoms with Crippen LogP contribution in [0.1, 0.15) is 0 Å². The van der Waals surface area contributed by atoms with Crippen molar-refractivity contribution in [2.45, 2.75) is 0 Å². The summed E-state index contributed by atoms with van der Waals surface area (Å²) in [6.07, 6.45) is 0. The Labute approximate surface area is 82.6 Å². The molecule has 2 aromatic heterocycles. The van der Waals surface area contributed by atoms with Gasteiger partial charge in [-0.1, -0.05) is 0 Å². The Morgan fingerprint density at radius 2 is 2.47 bits per heavy atom. The Bertz CT molecular complexity index is 482. The lowest BCUT2D eigenvalue weighted by Gasteiger charge is -2.02. The van der Waals surface area contributed by atoms with Crippen LogP contribution in [0.2, 0.25) is 0 Å². The normalized spacial score (nSPS) is 10.4. The van der Waals surface area contributed by atoms with Crippen molar-refractivity contribution in [3.8, 4) is 0 Å². The minimum absolute atomic E-state index is 0.316. The van der Waals surface area contributed by atoms with E-state index in [1.54, 1.807) is 12.1 Å². The van der Waals surface area contributed by atoms with Gasteiger partial charge in [0.1, 0.15) is 0 Å². The van der Waals surface area contributed by atoms with E-state index >= 15 is 0 Å². The topological polar surface area (TPSA) is 115 Å². The molecule has 0 aromatic carbocycles. The van der Waals surface area contributed by atoms with Gasteiger partial charge in [-0.25, -0.2) is 10.3 Å². The molecule has 0 aliphatic heterocycles. The number of carboxylic acids is 1. The van der Waals surface area contributed by atoms with Crippen LogP contribution in [-0.2, 0) is 9.63 Å². The molecule has 0 fully saturated rings. The van der Waals surface area contributed by atoms with Crippen LogP contribution in [0.5, 0.6) is 0 Å². The molecule has 0 atom stereocenters. The molecule has 9 nitrogen and oxygen atoms in total. The van der Waals surface area contributed by atoms with E-state index < -0.39 is 12.6 Å². The molecule has 0 bridgehead atoms. The SMILES string of the molecule is O=C(O)CONc1ccc2nnnn2n1. The van der Waals surface area contributed by atoms with Crippen LogP contribution in [0.15, 0.2) is 12.1 Å². The summed E-state index contributed by atoms with van der Waals surface area (Å²) in [7, 11) is 0.